The molecule has 2 aromatic heterocycles. The van der Waals surface area contributed by atoms with E-state index < -0.39 is 0 Å². The zero-order chi connectivity index (χ0) is 13.9. The molecule has 1 aliphatic rings. The first kappa shape index (κ1) is 13.1. The number of nitrogens with one attached hydrogen (secondary N) is 1. The Morgan fingerprint density at radius 1 is 1.50 bits per heavy atom. The molecule has 1 atom stereocenters. The van der Waals surface area contributed by atoms with Gasteiger partial charge in [0, 0.05) is 18.0 Å². The van der Waals surface area contributed by atoms with Crippen LogP contribution in [0.25, 0.3) is 5.69 Å². The number of aliphatic imine (C=N–C) groups is 1. The van der Waals surface area contributed by atoms with Crippen molar-refractivity contribution < 1.29 is 4.84 Å². The van der Waals surface area contributed by atoms with Gasteiger partial charge in [-0.2, -0.15) is 16.9 Å². The molecule has 2 aromatic rings. The van der Waals surface area contributed by atoms with Crippen molar-refractivity contribution in [3.63, 3.8) is 0 Å². The first-order valence-electron chi connectivity index (χ1n) is 6.22. The Kier molecular flexibility index (Phi) is 3.70. The SMILES string of the molecule is CSCC1=NC(c2cn(-c3cccnc3)nc2C)ON1. The van der Waals surface area contributed by atoms with Crippen molar-refractivity contribution in [3.8, 4) is 5.69 Å². The largest absolute Gasteiger partial charge is 0.262 e. The van der Waals surface area contributed by atoms with Gasteiger partial charge in [-0.3, -0.25) is 4.98 Å². The van der Waals surface area contributed by atoms with Crippen LogP contribution in [0.2, 0.25) is 0 Å². The highest BCUT2D eigenvalue weighted by molar-refractivity contribution is 7.99. The number of thioether (sulfide) groups is 1. The van der Waals surface area contributed by atoms with Crippen LogP contribution in [-0.2, 0) is 4.84 Å². The summed E-state index contributed by atoms with van der Waals surface area (Å²) in [7, 11) is 0. The third kappa shape index (κ3) is 2.54. The predicted molar refractivity (Wildman–Crippen MR) is 78.9 cm³/mol. The second kappa shape index (κ2) is 5.64. The summed E-state index contributed by atoms with van der Waals surface area (Å²) in [6, 6.07) is 3.84. The summed E-state index contributed by atoms with van der Waals surface area (Å²) in [5, 5.41) is 4.49. The smallest absolute Gasteiger partial charge is 0.205 e. The first-order chi connectivity index (χ1) is 9.78. The lowest BCUT2D eigenvalue weighted by Crippen LogP contribution is -2.18. The van der Waals surface area contributed by atoms with Gasteiger partial charge in [-0.05, 0) is 25.3 Å². The van der Waals surface area contributed by atoms with E-state index in [2.05, 4.69) is 20.6 Å². The van der Waals surface area contributed by atoms with E-state index in [0.717, 1.165) is 28.5 Å². The second-order valence-corrected chi connectivity index (χ2v) is 5.27. The van der Waals surface area contributed by atoms with E-state index in [1.165, 1.54) is 0 Å². The molecule has 6 nitrogen and oxygen atoms in total. The molecule has 0 spiro atoms. The second-order valence-electron chi connectivity index (χ2n) is 4.41. The van der Waals surface area contributed by atoms with E-state index in [1.54, 1.807) is 28.8 Å². The van der Waals surface area contributed by atoms with Crippen LogP contribution in [-0.4, -0.2) is 32.6 Å². The molecule has 1 aliphatic heterocycles. The number of hydrogen-bond acceptors (Lipinski definition) is 6. The van der Waals surface area contributed by atoms with Crippen LogP contribution in [0.5, 0.6) is 0 Å². The highest BCUT2D eigenvalue weighted by Gasteiger charge is 2.23. The number of amidine groups is 1. The van der Waals surface area contributed by atoms with Crippen molar-refractivity contribution in [2.75, 3.05) is 12.0 Å². The fraction of sp³-hybridized carbons (Fsp3) is 0.308. The Bertz CT molecular complexity index is 625. The zero-order valence-corrected chi connectivity index (χ0v) is 12.1. The third-order valence-corrected chi connectivity index (χ3v) is 3.52. The molecule has 1 N–H and O–H groups in total. The van der Waals surface area contributed by atoms with Crippen molar-refractivity contribution in [2.45, 2.75) is 13.2 Å². The van der Waals surface area contributed by atoms with Gasteiger partial charge in [0.1, 0.15) is 5.84 Å². The summed E-state index contributed by atoms with van der Waals surface area (Å²) < 4.78 is 1.79. The minimum absolute atomic E-state index is 0.331. The van der Waals surface area contributed by atoms with Crippen LogP contribution in [0, 0.1) is 6.92 Å². The van der Waals surface area contributed by atoms with E-state index in [9.17, 15) is 0 Å². The molecule has 0 saturated carbocycles. The van der Waals surface area contributed by atoms with Gasteiger partial charge >= 0.3 is 0 Å². The molecule has 0 amide bonds. The lowest BCUT2D eigenvalue weighted by molar-refractivity contribution is 0.0371. The molecule has 0 fully saturated rings. The van der Waals surface area contributed by atoms with Gasteiger partial charge in [-0.1, -0.05) is 0 Å². The summed E-state index contributed by atoms with van der Waals surface area (Å²) >= 11 is 1.70. The Morgan fingerprint density at radius 3 is 3.15 bits per heavy atom. The normalized spacial score (nSPS) is 17.9. The topological polar surface area (TPSA) is 64.3 Å². The zero-order valence-electron chi connectivity index (χ0n) is 11.3. The van der Waals surface area contributed by atoms with Gasteiger partial charge in [0.2, 0.25) is 6.23 Å². The van der Waals surface area contributed by atoms with Crippen LogP contribution >= 0.6 is 11.8 Å². The minimum atomic E-state index is -0.331. The molecule has 3 heterocycles. The van der Waals surface area contributed by atoms with Gasteiger partial charge in [0.15, 0.2) is 0 Å². The molecule has 104 valence electrons. The number of hydrogen-bond donors (Lipinski definition) is 1. The fourth-order valence-electron chi connectivity index (χ4n) is 1.99. The van der Waals surface area contributed by atoms with Gasteiger partial charge in [0.25, 0.3) is 0 Å². The van der Waals surface area contributed by atoms with Crippen molar-refractivity contribution >= 4 is 17.6 Å². The summed E-state index contributed by atoms with van der Waals surface area (Å²) in [6.07, 6.45) is 7.14. The molecular weight excluding hydrogens is 274 g/mol. The van der Waals surface area contributed by atoms with Gasteiger partial charge in [-0.15, -0.1) is 0 Å². The average Bonchev–Trinajstić information content (AvgIpc) is 3.07. The maximum Gasteiger partial charge on any atom is 0.205 e. The molecule has 0 saturated heterocycles. The van der Waals surface area contributed by atoms with E-state index in [-0.39, 0.29) is 6.23 Å². The molecular formula is C13H15N5OS. The third-order valence-electron chi connectivity index (χ3n) is 2.96. The molecule has 0 aromatic carbocycles. The number of aryl methyl sites for hydroxylation is 1. The fourth-order valence-corrected chi connectivity index (χ4v) is 2.40. The number of aromatic nitrogens is 3. The lowest BCUT2D eigenvalue weighted by atomic mass is 10.2. The lowest BCUT2D eigenvalue weighted by Gasteiger charge is -2.03. The van der Waals surface area contributed by atoms with Crippen molar-refractivity contribution in [2.24, 2.45) is 4.99 Å². The molecule has 20 heavy (non-hydrogen) atoms. The minimum Gasteiger partial charge on any atom is -0.262 e. The molecule has 0 bridgehead atoms. The summed E-state index contributed by atoms with van der Waals surface area (Å²) in [6.45, 7) is 1.95. The Balaban J connectivity index is 1.87. The van der Waals surface area contributed by atoms with Crippen LogP contribution < -0.4 is 5.48 Å². The summed E-state index contributed by atoms with van der Waals surface area (Å²) in [5.41, 5.74) is 5.63. The first-order valence-corrected chi connectivity index (χ1v) is 7.61. The van der Waals surface area contributed by atoms with E-state index in [4.69, 9.17) is 4.84 Å². The van der Waals surface area contributed by atoms with E-state index in [1.807, 2.05) is 31.5 Å². The van der Waals surface area contributed by atoms with Crippen molar-refractivity contribution in [3.05, 3.63) is 42.0 Å². The molecule has 7 heteroatoms. The van der Waals surface area contributed by atoms with Crippen LogP contribution in [0.3, 0.4) is 0 Å². The van der Waals surface area contributed by atoms with Crippen molar-refractivity contribution in [1.29, 1.82) is 0 Å². The number of pyridine rings is 1. The Labute approximate surface area is 121 Å². The highest BCUT2D eigenvalue weighted by atomic mass is 32.2. The number of hydroxylamine groups is 1. The van der Waals surface area contributed by atoms with Gasteiger partial charge < -0.3 is 0 Å². The molecule has 1 unspecified atom stereocenters. The summed E-state index contributed by atoms with van der Waals surface area (Å²) in [4.78, 5) is 14.1. The van der Waals surface area contributed by atoms with Gasteiger partial charge in [-0.25, -0.2) is 20.0 Å². The molecule has 0 radical (unpaired) electrons. The van der Waals surface area contributed by atoms with Crippen LogP contribution in [0.4, 0.5) is 0 Å². The highest BCUT2D eigenvalue weighted by Crippen LogP contribution is 2.25. The molecule has 0 aliphatic carbocycles. The van der Waals surface area contributed by atoms with Crippen LogP contribution in [0.1, 0.15) is 17.5 Å². The van der Waals surface area contributed by atoms with E-state index >= 15 is 0 Å². The van der Waals surface area contributed by atoms with Crippen LogP contribution in [0.15, 0.2) is 35.7 Å². The Morgan fingerprint density at radius 2 is 2.40 bits per heavy atom. The monoisotopic (exact) mass is 289 g/mol. The number of nitrogens with zero attached hydrogens (tertiary/aromatic N) is 4. The Hall–Kier alpha value is -1.86. The number of rotatable bonds is 4. The van der Waals surface area contributed by atoms with Gasteiger partial charge in [0.05, 0.1) is 23.3 Å². The quantitative estimate of drug-likeness (QED) is 0.931. The maximum absolute atomic E-state index is 5.50. The average molecular weight is 289 g/mol. The predicted octanol–water partition coefficient (Wildman–Crippen LogP) is 1.87. The van der Waals surface area contributed by atoms with E-state index in [0.29, 0.717) is 0 Å². The molecule has 3 rings (SSSR count). The van der Waals surface area contributed by atoms with Crippen molar-refractivity contribution in [1.82, 2.24) is 20.2 Å². The summed E-state index contributed by atoms with van der Waals surface area (Å²) in [5.74, 6) is 1.67. The maximum atomic E-state index is 5.50. The standard InChI is InChI=1S/C13H15N5OS/c1-9-11(13-15-12(8-20-2)17-19-13)7-18(16-9)10-4-3-5-14-6-10/h3-7,13H,8H2,1-2H3,(H,15,17).